The van der Waals surface area contributed by atoms with E-state index in [9.17, 15) is 4.39 Å². The third-order valence-electron chi connectivity index (χ3n) is 1.84. The minimum Gasteiger partial charge on any atom is -0.364 e. The maximum absolute atomic E-state index is 12.7. The van der Waals surface area contributed by atoms with Gasteiger partial charge in [0.2, 0.25) is 5.95 Å². The van der Waals surface area contributed by atoms with E-state index in [1.54, 1.807) is 12.1 Å². The molecule has 0 aromatic carbocycles. The van der Waals surface area contributed by atoms with Crippen molar-refractivity contribution in [2.75, 3.05) is 5.32 Å². The maximum Gasteiger partial charge on any atom is 0.214 e. The van der Waals surface area contributed by atoms with Crippen LogP contribution in [-0.4, -0.2) is 10.1 Å². The van der Waals surface area contributed by atoms with Crippen molar-refractivity contribution in [1.29, 1.82) is 0 Å². The second kappa shape index (κ2) is 4.08. The van der Waals surface area contributed by atoms with Gasteiger partial charge in [-0.15, -0.1) is 0 Å². The van der Waals surface area contributed by atoms with E-state index < -0.39 is 5.95 Å². The molecule has 0 radical (unpaired) electrons. The summed E-state index contributed by atoms with van der Waals surface area (Å²) in [6.07, 6.45) is 0. The van der Waals surface area contributed by atoms with E-state index in [2.05, 4.69) is 15.5 Å². The second-order valence-corrected chi connectivity index (χ2v) is 3.13. The summed E-state index contributed by atoms with van der Waals surface area (Å²) in [6.45, 7) is 2.28. The Morgan fingerprint density at radius 1 is 1.47 bits per heavy atom. The number of nitrogens with one attached hydrogen (secondary N) is 1. The Kier molecular flexibility index (Phi) is 2.62. The Morgan fingerprint density at radius 2 is 2.33 bits per heavy atom. The molecule has 0 aliphatic carbocycles. The number of hydrogen-bond donors (Lipinski definition) is 1. The quantitative estimate of drug-likeness (QED) is 0.783. The predicted octanol–water partition coefficient (Wildman–Crippen LogP) is 2.13. The molecule has 0 aliphatic rings. The van der Waals surface area contributed by atoms with E-state index in [1.807, 2.05) is 13.0 Å². The van der Waals surface area contributed by atoms with E-state index in [4.69, 9.17) is 4.52 Å². The molecule has 15 heavy (non-hydrogen) atoms. The number of halogens is 1. The van der Waals surface area contributed by atoms with Crippen LogP contribution in [0.5, 0.6) is 0 Å². The molecule has 0 amide bonds. The van der Waals surface area contributed by atoms with Crippen molar-refractivity contribution in [2.24, 2.45) is 0 Å². The van der Waals surface area contributed by atoms with Crippen LogP contribution in [0.15, 0.2) is 28.8 Å². The highest BCUT2D eigenvalue weighted by Crippen LogP contribution is 2.07. The Hall–Kier alpha value is -1.91. The first-order valence-electron chi connectivity index (χ1n) is 4.52. The van der Waals surface area contributed by atoms with E-state index in [1.165, 1.54) is 6.07 Å². The third kappa shape index (κ3) is 2.52. The van der Waals surface area contributed by atoms with Gasteiger partial charge in [-0.2, -0.15) is 4.39 Å². The van der Waals surface area contributed by atoms with Crippen LogP contribution in [0.2, 0.25) is 0 Å². The fraction of sp³-hybridized carbons (Fsp3) is 0.200. The molecule has 0 atom stereocenters. The SMILES string of the molecule is Cc1cc(CNc2cccc(F)n2)no1. The molecule has 0 spiro atoms. The van der Waals surface area contributed by atoms with Crippen molar-refractivity contribution in [1.82, 2.24) is 10.1 Å². The molecule has 4 nitrogen and oxygen atoms in total. The van der Waals surface area contributed by atoms with Crippen molar-refractivity contribution in [2.45, 2.75) is 13.5 Å². The fourth-order valence-electron chi connectivity index (χ4n) is 1.19. The lowest BCUT2D eigenvalue weighted by Gasteiger charge is -2.01. The van der Waals surface area contributed by atoms with E-state index >= 15 is 0 Å². The highest BCUT2D eigenvalue weighted by atomic mass is 19.1. The molecule has 0 saturated carbocycles. The van der Waals surface area contributed by atoms with Gasteiger partial charge >= 0.3 is 0 Å². The van der Waals surface area contributed by atoms with Crippen molar-refractivity contribution in [3.8, 4) is 0 Å². The lowest BCUT2D eigenvalue weighted by atomic mass is 10.3. The second-order valence-electron chi connectivity index (χ2n) is 3.13. The number of pyridine rings is 1. The van der Waals surface area contributed by atoms with Crippen molar-refractivity contribution >= 4 is 5.82 Å². The molecule has 1 N–H and O–H groups in total. The van der Waals surface area contributed by atoms with Gasteiger partial charge in [-0.1, -0.05) is 11.2 Å². The zero-order valence-electron chi connectivity index (χ0n) is 8.20. The molecule has 2 aromatic rings. The number of aryl methyl sites for hydroxylation is 1. The first-order valence-corrected chi connectivity index (χ1v) is 4.52. The molecule has 5 heteroatoms. The van der Waals surface area contributed by atoms with Gasteiger partial charge in [0.25, 0.3) is 0 Å². The topological polar surface area (TPSA) is 51.0 Å². The monoisotopic (exact) mass is 207 g/mol. The standard InChI is InChI=1S/C10H10FN3O/c1-7-5-8(14-15-7)6-12-10-4-2-3-9(11)13-10/h2-5H,6H2,1H3,(H,12,13). The smallest absolute Gasteiger partial charge is 0.214 e. The van der Waals surface area contributed by atoms with Crippen LogP contribution in [0.1, 0.15) is 11.5 Å². The molecular weight excluding hydrogens is 197 g/mol. The molecule has 0 saturated heterocycles. The summed E-state index contributed by atoms with van der Waals surface area (Å²) in [5.41, 5.74) is 0.763. The Morgan fingerprint density at radius 3 is 3.00 bits per heavy atom. The number of hydrogen-bond acceptors (Lipinski definition) is 4. The summed E-state index contributed by atoms with van der Waals surface area (Å²) >= 11 is 0. The van der Waals surface area contributed by atoms with Gasteiger partial charge in [0, 0.05) is 6.07 Å². The maximum atomic E-state index is 12.7. The number of nitrogens with zero attached hydrogens (tertiary/aromatic N) is 2. The van der Waals surface area contributed by atoms with Gasteiger partial charge in [0.05, 0.1) is 6.54 Å². The van der Waals surface area contributed by atoms with Crippen LogP contribution in [0.4, 0.5) is 10.2 Å². The summed E-state index contributed by atoms with van der Waals surface area (Å²) in [6, 6.07) is 6.40. The van der Waals surface area contributed by atoms with Crippen LogP contribution in [0, 0.1) is 12.9 Å². The van der Waals surface area contributed by atoms with Crippen molar-refractivity contribution < 1.29 is 8.91 Å². The van der Waals surface area contributed by atoms with E-state index in [0.29, 0.717) is 12.4 Å². The molecule has 0 fully saturated rings. The highest BCUT2D eigenvalue weighted by Gasteiger charge is 2.00. The number of anilines is 1. The Labute approximate surface area is 86.1 Å². The van der Waals surface area contributed by atoms with Crippen LogP contribution in [0.3, 0.4) is 0 Å². The highest BCUT2D eigenvalue weighted by molar-refractivity contribution is 5.34. The molecule has 0 bridgehead atoms. The minimum absolute atomic E-state index is 0.466. The average molecular weight is 207 g/mol. The normalized spacial score (nSPS) is 10.3. The first kappa shape index (κ1) is 9.64. The summed E-state index contributed by atoms with van der Waals surface area (Å²) in [7, 11) is 0. The van der Waals surface area contributed by atoms with Gasteiger partial charge in [0.15, 0.2) is 0 Å². The van der Waals surface area contributed by atoms with E-state index in [0.717, 1.165) is 11.5 Å². The van der Waals surface area contributed by atoms with Crippen LogP contribution in [-0.2, 0) is 6.54 Å². The summed E-state index contributed by atoms with van der Waals surface area (Å²) in [5, 5.41) is 6.74. The van der Waals surface area contributed by atoms with Crippen LogP contribution < -0.4 is 5.32 Å². The van der Waals surface area contributed by atoms with Crippen molar-refractivity contribution in [3.63, 3.8) is 0 Å². The van der Waals surface area contributed by atoms with Gasteiger partial charge in [-0.3, -0.25) is 0 Å². The Bertz CT molecular complexity index is 455. The van der Waals surface area contributed by atoms with E-state index in [-0.39, 0.29) is 0 Å². The zero-order valence-corrected chi connectivity index (χ0v) is 8.20. The van der Waals surface area contributed by atoms with Gasteiger partial charge in [-0.25, -0.2) is 4.98 Å². The largest absolute Gasteiger partial charge is 0.364 e. The van der Waals surface area contributed by atoms with Gasteiger partial charge < -0.3 is 9.84 Å². The molecule has 0 aliphatic heterocycles. The van der Waals surface area contributed by atoms with Gasteiger partial charge in [-0.05, 0) is 19.1 Å². The predicted molar refractivity (Wildman–Crippen MR) is 52.8 cm³/mol. The third-order valence-corrected chi connectivity index (χ3v) is 1.84. The summed E-state index contributed by atoms with van der Waals surface area (Å²) in [5.74, 6) is 0.728. The minimum atomic E-state index is -0.503. The molecule has 0 unspecified atom stereocenters. The molecule has 2 rings (SSSR count). The zero-order chi connectivity index (χ0) is 10.7. The molecule has 2 heterocycles. The lowest BCUT2D eigenvalue weighted by Crippen LogP contribution is -2.01. The van der Waals surface area contributed by atoms with Crippen LogP contribution in [0.25, 0.3) is 0 Å². The van der Waals surface area contributed by atoms with Crippen molar-refractivity contribution in [3.05, 3.63) is 41.7 Å². The molecular formula is C10H10FN3O. The fourth-order valence-corrected chi connectivity index (χ4v) is 1.19. The number of aromatic nitrogens is 2. The number of rotatable bonds is 3. The first-order chi connectivity index (χ1) is 7.24. The van der Waals surface area contributed by atoms with Crippen LogP contribution >= 0.6 is 0 Å². The molecule has 78 valence electrons. The lowest BCUT2D eigenvalue weighted by molar-refractivity contribution is 0.391. The summed E-state index contributed by atoms with van der Waals surface area (Å²) in [4.78, 5) is 3.66. The summed E-state index contributed by atoms with van der Waals surface area (Å²) < 4.78 is 17.6. The molecule has 2 aromatic heterocycles. The van der Waals surface area contributed by atoms with Gasteiger partial charge in [0.1, 0.15) is 17.3 Å². The average Bonchev–Trinajstić information content (AvgIpc) is 2.62. The Balaban J connectivity index is 1.99.